The van der Waals surface area contributed by atoms with E-state index >= 15 is 0 Å². The number of rotatable bonds is 3. The Hall–Kier alpha value is -2.11. The van der Waals surface area contributed by atoms with Crippen molar-refractivity contribution in [2.45, 2.75) is 33.4 Å². The molecule has 1 aromatic heterocycles. The number of aromatic nitrogens is 1. The molecule has 1 aromatic rings. The van der Waals surface area contributed by atoms with E-state index in [0.717, 1.165) is 12.5 Å². The molecule has 1 saturated heterocycles. The Labute approximate surface area is 146 Å². The van der Waals surface area contributed by atoms with E-state index in [1.54, 1.807) is 17.0 Å². The number of hydrogen-bond acceptors (Lipinski definition) is 2. The van der Waals surface area contributed by atoms with Crippen LogP contribution in [0.1, 0.15) is 38.4 Å². The number of amides is 1. The van der Waals surface area contributed by atoms with Gasteiger partial charge in [0.2, 0.25) is 5.91 Å². The van der Waals surface area contributed by atoms with Crippen LogP contribution in [0, 0.1) is 11.8 Å². The third kappa shape index (κ3) is 4.30. The summed E-state index contributed by atoms with van der Waals surface area (Å²) in [6.07, 6.45) is -1.31. The molecule has 2 atom stereocenters. The SMILES string of the molecule is C=C(c1cccnc1/C(=C\C)C(F)(F)F)[C@H]1C[C@@H](C)CN(C(C)=O)C1. The number of nitrogens with zero attached hydrogens (tertiary/aromatic N) is 2. The zero-order chi connectivity index (χ0) is 18.8. The number of pyridine rings is 1. The molecule has 1 aliphatic heterocycles. The standard InChI is InChI=1S/C19H23F3N2O/c1-5-17(19(20,21)22)18-16(7-6-8-23-18)13(3)15-9-12(2)10-24(11-15)14(4)25/h5-8,12,15H,3,9-11H2,1-2,4H3/b17-5+/t12-,15+/m1/s1. The summed E-state index contributed by atoms with van der Waals surface area (Å²) in [6, 6.07) is 3.24. The van der Waals surface area contributed by atoms with Crippen LogP contribution in [-0.4, -0.2) is 35.1 Å². The van der Waals surface area contributed by atoms with Crippen molar-refractivity contribution in [3.8, 4) is 0 Å². The van der Waals surface area contributed by atoms with Gasteiger partial charge in [0.1, 0.15) is 0 Å². The monoisotopic (exact) mass is 352 g/mol. The van der Waals surface area contributed by atoms with Crippen LogP contribution in [0.4, 0.5) is 13.2 Å². The van der Waals surface area contributed by atoms with E-state index in [4.69, 9.17) is 0 Å². The molecule has 6 heteroatoms. The van der Waals surface area contributed by atoms with Crippen molar-refractivity contribution in [1.82, 2.24) is 9.88 Å². The number of halogens is 3. The lowest BCUT2D eigenvalue weighted by atomic mass is 9.82. The van der Waals surface area contributed by atoms with Gasteiger partial charge in [0.15, 0.2) is 0 Å². The first-order valence-electron chi connectivity index (χ1n) is 8.28. The van der Waals surface area contributed by atoms with Crippen molar-refractivity contribution in [2.75, 3.05) is 13.1 Å². The van der Waals surface area contributed by atoms with Gasteiger partial charge in [0.25, 0.3) is 0 Å². The molecule has 0 unspecified atom stereocenters. The van der Waals surface area contributed by atoms with Crippen molar-refractivity contribution in [3.63, 3.8) is 0 Å². The molecule has 0 radical (unpaired) electrons. The minimum atomic E-state index is -4.48. The van der Waals surface area contributed by atoms with Gasteiger partial charge >= 0.3 is 6.18 Å². The van der Waals surface area contributed by atoms with Gasteiger partial charge in [-0.05, 0) is 30.9 Å². The highest BCUT2D eigenvalue weighted by Crippen LogP contribution is 2.39. The van der Waals surface area contributed by atoms with Gasteiger partial charge < -0.3 is 4.90 Å². The number of allylic oxidation sites excluding steroid dienone is 2. The second-order valence-electron chi connectivity index (χ2n) is 6.59. The van der Waals surface area contributed by atoms with Crippen molar-refractivity contribution in [2.24, 2.45) is 11.8 Å². The second kappa shape index (κ2) is 7.42. The van der Waals surface area contributed by atoms with Gasteiger partial charge in [-0.2, -0.15) is 13.2 Å². The second-order valence-corrected chi connectivity index (χ2v) is 6.59. The van der Waals surface area contributed by atoms with Crippen molar-refractivity contribution in [3.05, 3.63) is 42.2 Å². The molecule has 2 heterocycles. The van der Waals surface area contributed by atoms with E-state index in [2.05, 4.69) is 11.6 Å². The predicted molar refractivity (Wildman–Crippen MR) is 92.5 cm³/mol. The minimum Gasteiger partial charge on any atom is -0.342 e. The molecule has 2 rings (SSSR count). The first-order valence-corrected chi connectivity index (χ1v) is 8.28. The van der Waals surface area contributed by atoms with E-state index in [9.17, 15) is 18.0 Å². The first kappa shape index (κ1) is 19.2. The highest BCUT2D eigenvalue weighted by molar-refractivity contribution is 5.80. The summed E-state index contributed by atoms with van der Waals surface area (Å²) in [5.74, 6) is 0.158. The van der Waals surface area contributed by atoms with E-state index < -0.39 is 11.7 Å². The maximum atomic E-state index is 13.3. The molecular weight excluding hydrogens is 329 g/mol. The number of carbonyl (C=O) groups is 1. The van der Waals surface area contributed by atoms with E-state index in [-0.39, 0.29) is 23.4 Å². The molecule has 0 spiro atoms. The first-order chi connectivity index (χ1) is 11.6. The van der Waals surface area contributed by atoms with Gasteiger partial charge in [0, 0.05) is 37.7 Å². The molecule has 0 aromatic carbocycles. The fourth-order valence-corrected chi connectivity index (χ4v) is 3.39. The molecule has 0 bridgehead atoms. The number of alkyl halides is 3. The van der Waals surface area contributed by atoms with Crippen molar-refractivity contribution < 1.29 is 18.0 Å². The van der Waals surface area contributed by atoms with Crippen molar-refractivity contribution in [1.29, 1.82) is 0 Å². The number of likely N-dealkylation sites (tertiary alicyclic amines) is 1. The molecule has 0 N–H and O–H groups in total. The van der Waals surface area contributed by atoms with Crippen LogP contribution >= 0.6 is 0 Å². The quantitative estimate of drug-likeness (QED) is 0.799. The normalized spacial score (nSPS) is 22.0. The van der Waals surface area contributed by atoms with E-state index in [1.165, 1.54) is 20.0 Å². The van der Waals surface area contributed by atoms with Gasteiger partial charge in [-0.1, -0.05) is 25.6 Å². The third-order valence-corrected chi connectivity index (χ3v) is 4.60. The fraction of sp³-hybridized carbons (Fsp3) is 0.474. The number of carbonyl (C=O) groups excluding carboxylic acids is 1. The minimum absolute atomic E-state index is 0.0276. The largest absolute Gasteiger partial charge is 0.418 e. The predicted octanol–water partition coefficient (Wildman–Crippen LogP) is 4.56. The van der Waals surface area contributed by atoms with Crippen LogP contribution < -0.4 is 0 Å². The number of piperidine rings is 1. The van der Waals surface area contributed by atoms with E-state index in [1.807, 2.05) is 6.92 Å². The Morgan fingerprint density at radius 3 is 2.64 bits per heavy atom. The zero-order valence-corrected chi connectivity index (χ0v) is 14.7. The average Bonchev–Trinajstić information content (AvgIpc) is 2.53. The molecule has 1 fully saturated rings. The third-order valence-electron chi connectivity index (χ3n) is 4.60. The Balaban J connectivity index is 2.39. The average molecular weight is 352 g/mol. The highest BCUT2D eigenvalue weighted by Gasteiger charge is 2.37. The summed E-state index contributed by atoms with van der Waals surface area (Å²) in [5.41, 5.74) is 0.131. The Morgan fingerprint density at radius 2 is 2.08 bits per heavy atom. The number of hydrogen-bond donors (Lipinski definition) is 0. The summed E-state index contributed by atoms with van der Waals surface area (Å²) in [5, 5.41) is 0. The lowest BCUT2D eigenvalue weighted by molar-refractivity contribution is -0.131. The molecular formula is C19H23F3N2O. The summed E-state index contributed by atoms with van der Waals surface area (Å²) >= 11 is 0. The maximum Gasteiger partial charge on any atom is 0.418 e. The van der Waals surface area contributed by atoms with Crippen LogP contribution in [0.15, 0.2) is 31.0 Å². The van der Waals surface area contributed by atoms with Crippen LogP contribution in [0.5, 0.6) is 0 Å². The maximum absolute atomic E-state index is 13.3. The van der Waals surface area contributed by atoms with Crippen LogP contribution in [-0.2, 0) is 4.79 Å². The van der Waals surface area contributed by atoms with Crippen LogP contribution in [0.3, 0.4) is 0 Å². The lowest BCUT2D eigenvalue weighted by Gasteiger charge is -2.37. The summed E-state index contributed by atoms with van der Waals surface area (Å²) in [6.45, 7) is 10.1. The van der Waals surface area contributed by atoms with Crippen LogP contribution in [0.2, 0.25) is 0 Å². The van der Waals surface area contributed by atoms with Crippen LogP contribution in [0.25, 0.3) is 11.1 Å². The summed E-state index contributed by atoms with van der Waals surface area (Å²) < 4.78 is 40.0. The smallest absolute Gasteiger partial charge is 0.342 e. The molecule has 136 valence electrons. The van der Waals surface area contributed by atoms with Crippen molar-refractivity contribution >= 4 is 17.1 Å². The van der Waals surface area contributed by atoms with Gasteiger partial charge in [-0.25, -0.2) is 0 Å². The summed E-state index contributed by atoms with van der Waals surface area (Å²) in [4.78, 5) is 17.4. The lowest BCUT2D eigenvalue weighted by Crippen LogP contribution is -2.42. The molecule has 3 nitrogen and oxygen atoms in total. The van der Waals surface area contributed by atoms with E-state index in [0.29, 0.717) is 24.2 Å². The Morgan fingerprint density at radius 1 is 1.40 bits per heavy atom. The van der Waals surface area contributed by atoms with Gasteiger partial charge in [-0.3, -0.25) is 9.78 Å². The molecule has 1 amide bonds. The fourth-order valence-electron chi connectivity index (χ4n) is 3.39. The molecule has 25 heavy (non-hydrogen) atoms. The van der Waals surface area contributed by atoms with Gasteiger partial charge in [0.05, 0.1) is 11.3 Å². The molecule has 0 aliphatic carbocycles. The molecule has 0 saturated carbocycles. The highest BCUT2D eigenvalue weighted by atomic mass is 19.4. The van der Waals surface area contributed by atoms with Gasteiger partial charge in [-0.15, -0.1) is 0 Å². The Kier molecular flexibility index (Phi) is 5.70. The Bertz CT molecular complexity index is 694. The molecule has 1 aliphatic rings. The zero-order valence-electron chi connectivity index (χ0n) is 14.7. The summed E-state index contributed by atoms with van der Waals surface area (Å²) in [7, 11) is 0. The topological polar surface area (TPSA) is 33.2 Å².